The normalized spacial score (nSPS) is 12.4. The van der Waals surface area contributed by atoms with Crippen molar-refractivity contribution < 1.29 is 8.78 Å². The molecule has 0 spiro atoms. The maximum atomic E-state index is 13.8. The molecule has 1 nitrogen and oxygen atoms in total. The SMILES string of the molecule is CNC(Cc1cccc(F)c1F)c1cc(Cl)ccc1C. The summed E-state index contributed by atoms with van der Waals surface area (Å²) < 4.78 is 27.0. The molecular formula is C16H16ClF2N. The van der Waals surface area contributed by atoms with E-state index in [0.717, 1.165) is 17.2 Å². The Kier molecular flexibility index (Phi) is 4.73. The van der Waals surface area contributed by atoms with E-state index in [4.69, 9.17) is 11.6 Å². The Morgan fingerprint density at radius 1 is 1.20 bits per heavy atom. The van der Waals surface area contributed by atoms with Crippen molar-refractivity contribution in [1.82, 2.24) is 5.32 Å². The van der Waals surface area contributed by atoms with Crippen LogP contribution in [0.1, 0.15) is 22.7 Å². The van der Waals surface area contributed by atoms with Gasteiger partial charge in [-0.25, -0.2) is 8.78 Å². The molecule has 2 rings (SSSR count). The predicted molar refractivity (Wildman–Crippen MR) is 78.1 cm³/mol. The molecule has 106 valence electrons. The third-order valence-corrected chi connectivity index (χ3v) is 3.66. The molecule has 0 bridgehead atoms. The maximum Gasteiger partial charge on any atom is 0.162 e. The van der Waals surface area contributed by atoms with Crippen molar-refractivity contribution in [1.29, 1.82) is 0 Å². The Labute approximate surface area is 122 Å². The van der Waals surface area contributed by atoms with Gasteiger partial charge >= 0.3 is 0 Å². The third kappa shape index (κ3) is 3.17. The van der Waals surface area contributed by atoms with Crippen LogP contribution in [0.3, 0.4) is 0 Å². The lowest BCUT2D eigenvalue weighted by atomic mass is 9.95. The Morgan fingerprint density at radius 2 is 1.95 bits per heavy atom. The molecule has 0 aliphatic heterocycles. The number of rotatable bonds is 4. The number of aryl methyl sites for hydroxylation is 1. The topological polar surface area (TPSA) is 12.0 Å². The van der Waals surface area contributed by atoms with Gasteiger partial charge < -0.3 is 5.32 Å². The molecule has 1 unspecified atom stereocenters. The Balaban J connectivity index is 2.34. The summed E-state index contributed by atoms with van der Waals surface area (Å²) in [5, 5.41) is 3.76. The Hall–Kier alpha value is -1.45. The molecule has 2 aromatic carbocycles. The third-order valence-electron chi connectivity index (χ3n) is 3.42. The van der Waals surface area contributed by atoms with Crippen molar-refractivity contribution in [2.45, 2.75) is 19.4 Å². The molecule has 0 aliphatic carbocycles. The van der Waals surface area contributed by atoms with E-state index in [9.17, 15) is 8.78 Å². The summed E-state index contributed by atoms with van der Waals surface area (Å²) in [4.78, 5) is 0. The molecule has 1 N–H and O–H groups in total. The van der Waals surface area contributed by atoms with E-state index < -0.39 is 11.6 Å². The van der Waals surface area contributed by atoms with Crippen LogP contribution in [0.5, 0.6) is 0 Å². The fourth-order valence-corrected chi connectivity index (χ4v) is 2.46. The van der Waals surface area contributed by atoms with Crippen LogP contribution in [-0.2, 0) is 6.42 Å². The summed E-state index contributed by atoms with van der Waals surface area (Å²) in [6.45, 7) is 1.97. The second-order valence-electron chi connectivity index (χ2n) is 4.76. The van der Waals surface area contributed by atoms with Gasteiger partial charge in [-0.2, -0.15) is 0 Å². The zero-order valence-corrected chi connectivity index (χ0v) is 12.1. The highest BCUT2D eigenvalue weighted by Gasteiger charge is 2.16. The molecule has 0 heterocycles. The van der Waals surface area contributed by atoms with Gasteiger partial charge in [0.2, 0.25) is 0 Å². The molecule has 0 saturated heterocycles. The van der Waals surface area contributed by atoms with Gasteiger partial charge in [-0.05, 0) is 55.3 Å². The van der Waals surface area contributed by atoms with Gasteiger partial charge in [0, 0.05) is 11.1 Å². The summed E-state index contributed by atoms with van der Waals surface area (Å²) >= 11 is 6.02. The minimum atomic E-state index is -0.819. The summed E-state index contributed by atoms with van der Waals surface area (Å²) in [5.74, 6) is -1.60. The average Bonchev–Trinajstić information content (AvgIpc) is 2.43. The second-order valence-corrected chi connectivity index (χ2v) is 5.20. The summed E-state index contributed by atoms with van der Waals surface area (Å²) in [6, 6.07) is 9.71. The first-order chi connectivity index (χ1) is 9.52. The first kappa shape index (κ1) is 14.9. The fourth-order valence-electron chi connectivity index (χ4n) is 2.28. The standard InChI is InChI=1S/C16H16ClF2N/c1-10-6-7-12(17)9-13(10)15(20-2)8-11-4-3-5-14(18)16(11)19/h3-7,9,15,20H,8H2,1-2H3. The van der Waals surface area contributed by atoms with Crippen molar-refractivity contribution in [3.8, 4) is 0 Å². The fraction of sp³-hybridized carbons (Fsp3) is 0.250. The van der Waals surface area contributed by atoms with E-state index in [1.807, 2.05) is 25.1 Å². The van der Waals surface area contributed by atoms with Crippen molar-refractivity contribution in [3.63, 3.8) is 0 Å². The maximum absolute atomic E-state index is 13.8. The highest BCUT2D eigenvalue weighted by molar-refractivity contribution is 6.30. The van der Waals surface area contributed by atoms with Crippen LogP contribution >= 0.6 is 11.6 Å². The number of hydrogen-bond donors (Lipinski definition) is 1. The predicted octanol–water partition coefficient (Wildman–Crippen LogP) is 4.43. The largest absolute Gasteiger partial charge is 0.313 e. The summed E-state index contributed by atoms with van der Waals surface area (Å²) in [7, 11) is 1.79. The van der Waals surface area contributed by atoms with E-state index in [0.29, 0.717) is 17.0 Å². The van der Waals surface area contributed by atoms with Crippen molar-refractivity contribution in [3.05, 3.63) is 69.7 Å². The average molecular weight is 296 g/mol. The smallest absolute Gasteiger partial charge is 0.162 e. The van der Waals surface area contributed by atoms with Crippen molar-refractivity contribution >= 4 is 11.6 Å². The number of likely N-dealkylation sites (N-methyl/N-ethyl adjacent to an activating group) is 1. The lowest BCUT2D eigenvalue weighted by molar-refractivity contribution is 0.486. The van der Waals surface area contributed by atoms with Gasteiger partial charge in [0.05, 0.1) is 0 Å². The molecule has 0 radical (unpaired) electrons. The molecule has 0 saturated carbocycles. The number of halogens is 3. The molecule has 0 amide bonds. The molecule has 0 aromatic heterocycles. The molecule has 20 heavy (non-hydrogen) atoms. The van der Waals surface area contributed by atoms with Gasteiger partial charge in [-0.3, -0.25) is 0 Å². The highest BCUT2D eigenvalue weighted by atomic mass is 35.5. The van der Waals surface area contributed by atoms with E-state index in [-0.39, 0.29) is 6.04 Å². The zero-order valence-electron chi connectivity index (χ0n) is 11.4. The number of benzene rings is 2. The number of hydrogen-bond acceptors (Lipinski definition) is 1. The van der Waals surface area contributed by atoms with Crippen molar-refractivity contribution in [2.75, 3.05) is 7.05 Å². The monoisotopic (exact) mass is 295 g/mol. The summed E-state index contributed by atoms with van der Waals surface area (Å²) in [5.41, 5.74) is 2.40. The van der Waals surface area contributed by atoms with E-state index in [1.165, 1.54) is 6.07 Å². The molecule has 2 aromatic rings. The van der Waals surface area contributed by atoms with Gasteiger partial charge in [0.25, 0.3) is 0 Å². The van der Waals surface area contributed by atoms with Crippen LogP contribution in [0.4, 0.5) is 8.78 Å². The van der Waals surface area contributed by atoms with Crippen LogP contribution in [0.2, 0.25) is 5.02 Å². The molecule has 4 heteroatoms. The van der Waals surface area contributed by atoms with Crippen LogP contribution in [0.25, 0.3) is 0 Å². The van der Waals surface area contributed by atoms with Crippen molar-refractivity contribution in [2.24, 2.45) is 0 Å². The first-order valence-corrected chi connectivity index (χ1v) is 6.77. The Morgan fingerprint density at radius 3 is 2.65 bits per heavy atom. The summed E-state index contributed by atoms with van der Waals surface area (Å²) in [6.07, 6.45) is 0.362. The quantitative estimate of drug-likeness (QED) is 0.880. The van der Waals surface area contributed by atoms with Crippen LogP contribution in [0.15, 0.2) is 36.4 Å². The van der Waals surface area contributed by atoms with E-state index >= 15 is 0 Å². The van der Waals surface area contributed by atoms with Gasteiger partial charge in [0.1, 0.15) is 0 Å². The number of nitrogens with one attached hydrogen (secondary N) is 1. The molecular weight excluding hydrogens is 280 g/mol. The van der Waals surface area contributed by atoms with Crippen LogP contribution in [-0.4, -0.2) is 7.05 Å². The van der Waals surface area contributed by atoms with Gasteiger partial charge in [-0.1, -0.05) is 29.8 Å². The molecule has 0 aliphatic rings. The molecule has 0 fully saturated rings. The van der Waals surface area contributed by atoms with E-state index in [1.54, 1.807) is 13.1 Å². The van der Waals surface area contributed by atoms with Crippen LogP contribution < -0.4 is 5.32 Å². The first-order valence-electron chi connectivity index (χ1n) is 6.39. The van der Waals surface area contributed by atoms with Gasteiger partial charge in [0.15, 0.2) is 11.6 Å². The van der Waals surface area contributed by atoms with Crippen LogP contribution in [0, 0.1) is 18.6 Å². The zero-order chi connectivity index (χ0) is 14.7. The lowest BCUT2D eigenvalue weighted by Gasteiger charge is -2.19. The minimum absolute atomic E-state index is 0.120. The lowest BCUT2D eigenvalue weighted by Crippen LogP contribution is -2.20. The molecule has 1 atom stereocenters. The second kappa shape index (κ2) is 6.33. The minimum Gasteiger partial charge on any atom is -0.313 e. The Bertz CT molecular complexity index is 613. The highest BCUT2D eigenvalue weighted by Crippen LogP contribution is 2.26. The van der Waals surface area contributed by atoms with E-state index in [2.05, 4.69) is 5.32 Å². The van der Waals surface area contributed by atoms with Gasteiger partial charge in [-0.15, -0.1) is 0 Å².